The van der Waals surface area contributed by atoms with Gasteiger partial charge in [-0.15, -0.1) is 10.2 Å². The van der Waals surface area contributed by atoms with Crippen molar-refractivity contribution in [2.45, 2.75) is 18.5 Å². The number of nitrogens with zero attached hydrogens (tertiary/aromatic N) is 3. The van der Waals surface area contributed by atoms with E-state index in [0.29, 0.717) is 5.16 Å². The number of methoxy groups -OCH3 is 1. The molecule has 3 rings (SSSR count). The zero-order chi connectivity index (χ0) is 17.6. The number of hydrogen-bond acceptors (Lipinski definition) is 5. The van der Waals surface area contributed by atoms with Gasteiger partial charge in [0, 0.05) is 11.3 Å². The summed E-state index contributed by atoms with van der Waals surface area (Å²) in [4.78, 5) is 11.5. The first-order chi connectivity index (χ1) is 12.2. The highest BCUT2D eigenvalue weighted by Crippen LogP contribution is 2.28. The minimum atomic E-state index is -0.290. The summed E-state index contributed by atoms with van der Waals surface area (Å²) in [6.45, 7) is 2.13. The molecular formula is C19H19N3O2S. The van der Waals surface area contributed by atoms with Gasteiger partial charge >= 0.3 is 5.97 Å². The second-order valence-corrected chi connectivity index (χ2v) is 6.33. The third-order valence-corrected chi connectivity index (χ3v) is 4.72. The van der Waals surface area contributed by atoms with Crippen molar-refractivity contribution >= 4 is 17.7 Å². The van der Waals surface area contributed by atoms with E-state index in [4.69, 9.17) is 4.74 Å². The number of esters is 1. The molecule has 0 saturated carbocycles. The fourth-order valence-corrected chi connectivity index (χ4v) is 3.22. The Bertz CT molecular complexity index is 845. The molecule has 0 bridgehead atoms. The number of thioether (sulfide) groups is 1. The van der Waals surface area contributed by atoms with E-state index in [2.05, 4.69) is 41.4 Å². The van der Waals surface area contributed by atoms with Gasteiger partial charge < -0.3 is 4.74 Å². The molecule has 0 unspecified atom stereocenters. The molecule has 128 valence electrons. The predicted octanol–water partition coefficient (Wildman–Crippen LogP) is 3.76. The van der Waals surface area contributed by atoms with Crippen molar-refractivity contribution in [2.24, 2.45) is 0 Å². The fraction of sp³-hybridized carbons (Fsp3) is 0.211. The molecule has 0 aliphatic rings. The highest BCUT2D eigenvalue weighted by Gasteiger charge is 2.17. The van der Waals surface area contributed by atoms with E-state index in [-0.39, 0.29) is 11.7 Å². The van der Waals surface area contributed by atoms with Gasteiger partial charge in [0.1, 0.15) is 0 Å². The summed E-state index contributed by atoms with van der Waals surface area (Å²) in [6.07, 6.45) is 0.984. The Morgan fingerprint density at radius 2 is 1.80 bits per heavy atom. The molecule has 0 fully saturated rings. The third kappa shape index (κ3) is 3.91. The Labute approximate surface area is 151 Å². The molecule has 0 aliphatic heterocycles. The topological polar surface area (TPSA) is 57.0 Å². The Kier molecular flexibility index (Phi) is 5.50. The van der Waals surface area contributed by atoms with Crippen molar-refractivity contribution in [3.05, 3.63) is 60.2 Å². The van der Waals surface area contributed by atoms with Gasteiger partial charge in [0.05, 0.1) is 12.9 Å². The summed E-state index contributed by atoms with van der Waals surface area (Å²) >= 11 is 1.31. The lowest BCUT2D eigenvalue weighted by Crippen LogP contribution is -2.05. The standard InChI is InChI=1S/C19H19N3O2S/c1-3-14-9-11-16(12-10-14)22-18(15-7-5-4-6-8-15)20-21-19(22)25-13-17(23)24-2/h4-12H,3,13H2,1-2H3. The highest BCUT2D eigenvalue weighted by molar-refractivity contribution is 7.99. The van der Waals surface area contributed by atoms with Crippen LogP contribution in [0.5, 0.6) is 0 Å². The lowest BCUT2D eigenvalue weighted by Gasteiger charge is -2.11. The van der Waals surface area contributed by atoms with Crippen LogP contribution in [0.15, 0.2) is 59.8 Å². The maximum absolute atomic E-state index is 11.5. The van der Waals surface area contributed by atoms with Crippen LogP contribution in [0, 0.1) is 0 Å². The second-order valence-electron chi connectivity index (χ2n) is 5.39. The number of benzene rings is 2. The number of rotatable bonds is 6. The number of hydrogen-bond donors (Lipinski definition) is 0. The van der Waals surface area contributed by atoms with Gasteiger partial charge in [0.2, 0.25) is 0 Å². The summed E-state index contributed by atoms with van der Waals surface area (Å²) in [6, 6.07) is 18.2. The molecule has 0 N–H and O–H groups in total. The van der Waals surface area contributed by atoms with Crippen LogP contribution in [0.1, 0.15) is 12.5 Å². The molecule has 3 aromatic rings. The van der Waals surface area contributed by atoms with Crippen LogP contribution in [0.4, 0.5) is 0 Å². The molecule has 1 aromatic heterocycles. The van der Waals surface area contributed by atoms with Crippen LogP contribution in [-0.4, -0.2) is 33.6 Å². The second kappa shape index (κ2) is 7.98. The molecule has 0 spiro atoms. The first-order valence-electron chi connectivity index (χ1n) is 8.02. The summed E-state index contributed by atoms with van der Waals surface area (Å²) in [5.74, 6) is 0.649. The van der Waals surface area contributed by atoms with E-state index in [1.807, 2.05) is 34.9 Å². The van der Waals surface area contributed by atoms with E-state index >= 15 is 0 Å². The molecule has 0 atom stereocenters. The normalized spacial score (nSPS) is 10.6. The summed E-state index contributed by atoms with van der Waals surface area (Å²) in [7, 11) is 1.38. The van der Waals surface area contributed by atoms with E-state index in [1.54, 1.807) is 0 Å². The van der Waals surface area contributed by atoms with Gasteiger partial charge in [-0.1, -0.05) is 61.2 Å². The number of aromatic nitrogens is 3. The third-order valence-electron chi connectivity index (χ3n) is 3.81. The van der Waals surface area contributed by atoms with E-state index in [1.165, 1.54) is 24.4 Å². The van der Waals surface area contributed by atoms with Crippen LogP contribution >= 0.6 is 11.8 Å². The van der Waals surface area contributed by atoms with Crippen LogP contribution in [0.25, 0.3) is 17.1 Å². The van der Waals surface area contributed by atoms with Gasteiger partial charge in [-0.2, -0.15) is 0 Å². The van der Waals surface area contributed by atoms with Gasteiger partial charge in [0.25, 0.3) is 0 Å². The lowest BCUT2D eigenvalue weighted by molar-refractivity contribution is -0.137. The molecule has 0 saturated heterocycles. The first-order valence-corrected chi connectivity index (χ1v) is 9.01. The van der Waals surface area contributed by atoms with E-state index < -0.39 is 0 Å². The minimum Gasteiger partial charge on any atom is -0.468 e. The van der Waals surface area contributed by atoms with Crippen LogP contribution in [-0.2, 0) is 16.0 Å². The zero-order valence-corrected chi connectivity index (χ0v) is 15.0. The minimum absolute atomic E-state index is 0.191. The monoisotopic (exact) mass is 353 g/mol. The first kappa shape index (κ1) is 17.2. The summed E-state index contributed by atoms with van der Waals surface area (Å²) < 4.78 is 6.70. The summed E-state index contributed by atoms with van der Waals surface area (Å²) in [5.41, 5.74) is 3.20. The molecule has 0 radical (unpaired) electrons. The van der Waals surface area contributed by atoms with Crippen molar-refractivity contribution in [2.75, 3.05) is 12.9 Å². The molecule has 6 heteroatoms. The Balaban J connectivity index is 2.04. The van der Waals surface area contributed by atoms with Crippen molar-refractivity contribution < 1.29 is 9.53 Å². The number of aryl methyl sites for hydroxylation is 1. The number of carbonyl (C=O) groups excluding carboxylic acids is 1. The number of carbonyl (C=O) groups is 1. The van der Waals surface area contributed by atoms with Gasteiger partial charge in [-0.05, 0) is 24.1 Å². The quantitative estimate of drug-likeness (QED) is 0.499. The lowest BCUT2D eigenvalue weighted by atomic mass is 10.1. The molecular weight excluding hydrogens is 334 g/mol. The Morgan fingerprint density at radius 3 is 2.44 bits per heavy atom. The Morgan fingerprint density at radius 1 is 1.08 bits per heavy atom. The molecule has 1 heterocycles. The van der Waals surface area contributed by atoms with Crippen molar-refractivity contribution in [1.82, 2.24) is 14.8 Å². The van der Waals surface area contributed by atoms with Crippen LogP contribution < -0.4 is 0 Å². The summed E-state index contributed by atoms with van der Waals surface area (Å²) in [5, 5.41) is 9.30. The SMILES string of the molecule is CCc1ccc(-n2c(SCC(=O)OC)nnc2-c2ccccc2)cc1. The van der Waals surface area contributed by atoms with Crippen LogP contribution in [0.3, 0.4) is 0 Å². The smallest absolute Gasteiger partial charge is 0.316 e. The van der Waals surface area contributed by atoms with Gasteiger partial charge in [-0.3, -0.25) is 9.36 Å². The van der Waals surface area contributed by atoms with Gasteiger partial charge in [-0.25, -0.2) is 0 Å². The molecule has 5 nitrogen and oxygen atoms in total. The van der Waals surface area contributed by atoms with E-state index in [9.17, 15) is 4.79 Å². The fourth-order valence-electron chi connectivity index (χ4n) is 2.43. The maximum atomic E-state index is 11.5. The molecule has 0 amide bonds. The molecule has 25 heavy (non-hydrogen) atoms. The van der Waals surface area contributed by atoms with Crippen molar-refractivity contribution in [3.8, 4) is 17.1 Å². The highest BCUT2D eigenvalue weighted by atomic mass is 32.2. The van der Waals surface area contributed by atoms with Crippen molar-refractivity contribution in [1.29, 1.82) is 0 Å². The zero-order valence-electron chi connectivity index (χ0n) is 14.2. The average molecular weight is 353 g/mol. The molecule has 2 aromatic carbocycles. The maximum Gasteiger partial charge on any atom is 0.316 e. The average Bonchev–Trinajstić information content (AvgIpc) is 3.10. The van der Waals surface area contributed by atoms with E-state index in [0.717, 1.165) is 23.5 Å². The number of ether oxygens (including phenoxy) is 1. The largest absolute Gasteiger partial charge is 0.468 e. The molecule has 0 aliphatic carbocycles. The van der Waals surface area contributed by atoms with Crippen LogP contribution in [0.2, 0.25) is 0 Å². The Hall–Kier alpha value is -2.60. The predicted molar refractivity (Wildman–Crippen MR) is 98.9 cm³/mol. The van der Waals surface area contributed by atoms with Gasteiger partial charge in [0.15, 0.2) is 11.0 Å². The van der Waals surface area contributed by atoms with Crippen molar-refractivity contribution in [3.63, 3.8) is 0 Å².